The minimum atomic E-state index is 0.0696. The molecule has 0 bridgehead atoms. The van der Waals surface area contributed by atoms with Gasteiger partial charge in [-0.15, -0.1) is 0 Å². The van der Waals surface area contributed by atoms with Gasteiger partial charge in [0.15, 0.2) is 6.61 Å². The molecule has 0 radical (unpaired) electrons. The van der Waals surface area contributed by atoms with Crippen molar-refractivity contribution in [2.45, 2.75) is 13.3 Å². The van der Waals surface area contributed by atoms with E-state index in [0.717, 1.165) is 43.9 Å². The van der Waals surface area contributed by atoms with Crippen LogP contribution < -0.4 is 10.1 Å². The molecule has 4 nitrogen and oxygen atoms in total. The van der Waals surface area contributed by atoms with E-state index in [9.17, 15) is 4.79 Å². The fraction of sp³-hybridized carbons (Fsp3) is 0.500. The summed E-state index contributed by atoms with van der Waals surface area (Å²) in [7, 11) is 0. The van der Waals surface area contributed by atoms with Gasteiger partial charge in [0.1, 0.15) is 5.75 Å². The molecule has 4 heteroatoms. The van der Waals surface area contributed by atoms with Crippen LogP contribution >= 0.6 is 0 Å². The lowest BCUT2D eigenvalue weighted by atomic mass is 10.2. The van der Waals surface area contributed by atoms with Gasteiger partial charge >= 0.3 is 0 Å². The third-order valence-electron chi connectivity index (χ3n) is 3.04. The van der Waals surface area contributed by atoms with Crippen LogP contribution in [0.3, 0.4) is 0 Å². The topological polar surface area (TPSA) is 41.6 Å². The van der Waals surface area contributed by atoms with Crippen molar-refractivity contribution in [2.75, 3.05) is 32.8 Å². The number of nitrogens with one attached hydrogen (secondary N) is 1. The first kappa shape index (κ1) is 12.9. The quantitative estimate of drug-likeness (QED) is 0.874. The van der Waals surface area contributed by atoms with E-state index < -0.39 is 0 Å². The Hall–Kier alpha value is -1.55. The SMILES string of the molecule is Cc1cccc(OCC(=O)N2CCCNCC2)c1. The van der Waals surface area contributed by atoms with Crippen LogP contribution in [0.1, 0.15) is 12.0 Å². The van der Waals surface area contributed by atoms with Crippen LogP contribution in [0.25, 0.3) is 0 Å². The van der Waals surface area contributed by atoms with Gasteiger partial charge < -0.3 is 15.0 Å². The van der Waals surface area contributed by atoms with E-state index in [4.69, 9.17) is 4.74 Å². The van der Waals surface area contributed by atoms with Crippen molar-refractivity contribution in [3.63, 3.8) is 0 Å². The zero-order chi connectivity index (χ0) is 12.8. The monoisotopic (exact) mass is 248 g/mol. The number of aryl methyl sites for hydroxylation is 1. The zero-order valence-electron chi connectivity index (χ0n) is 10.8. The maximum absolute atomic E-state index is 12.0. The van der Waals surface area contributed by atoms with Crippen molar-refractivity contribution in [1.29, 1.82) is 0 Å². The Kier molecular flexibility index (Phi) is 4.59. The first-order valence-corrected chi connectivity index (χ1v) is 6.44. The van der Waals surface area contributed by atoms with Gasteiger partial charge in [-0.05, 0) is 37.6 Å². The highest BCUT2D eigenvalue weighted by Gasteiger charge is 2.15. The fourth-order valence-corrected chi connectivity index (χ4v) is 2.04. The van der Waals surface area contributed by atoms with Crippen molar-refractivity contribution in [3.8, 4) is 5.75 Å². The zero-order valence-corrected chi connectivity index (χ0v) is 10.8. The fourth-order valence-electron chi connectivity index (χ4n) is 2.04. The molecule has 1 saturated heterocycles. The van der Waals surface area contributed by atoms with Gasteiger partial charge in [-0.2, -0.15) is 0 Å². The minimum absolute atomic E-state index is 0.0696. The van der Waals surface area contributed by atoms with Crippen molar-refractivity contribution in [2.24, 2.45) is 0 Å². The van der Waals surface area contributed by atoms with E-state index in [1.165, 1.54) is 0 Å². The molecule has 1 aromatic rings. The van der Waals surface area contributed by atoms with Gasteiger partial charge in [0.2, 0.25) is 0 Å². The number of benzene rings is 1. The molecule has 0 saturated carbocycles. The Balaban J connectivity index is 1.83. The summed E-state index contributed by atoms with van der Waals surface area (Å²) in [6, 6.07) is 7.77. The molecule has 0 aromatic heterocycles. The van der Waals surface area contributed by atoms with Gasteiger partial charge in [0.25, 0.3) is 5.91 Å². The highest BCUT2D eigenvalue weighted by atomic mass is 16.5. The molecule has 2 rings (SSSR count). The molecule has 18 heavy (non-hydrogen) atoms. The molecule has 1 aliphatic rings. The predicted molar refractivity (Wildman–Crippen MR) is 70.7 cm³/mol. The second-order valence-electron chi connectivity index (χ2n) is 4.59. The summed E-state index contributed by atoms with van der Waals surface area (Å²) in [6.45, 7) is 5.59. The largest absolute Gasteiger partial charge is 0.484 e. The molecule has 98 valence electrons. The van der Waals surface area contributed by atoms with E-state index in [0.29, 0.717) is 0 Å². The smallest absolute Gasteiger partial charge is 0.260 e. The molecule has 0 aliphatic carbocycles. The maximum Gasteiger partial charge on any atom is 0.260 e. The maximum atomic E-state index is 12.0. The average Bonchev–Trinajstić information content (AvgIpc) is 2.65. The van der Waals surface area contributed by atoms with E-state index in [1.807, 2.05) is 36.1 Å². The van der Waals surface area contributed by atoms with Crippen molar-refractivity contribution >= 4 is 5.91 Å². The first-order chi connectivity index (χ1) is 8.75. The summed E-state index contributed by atoms with van der Waals surface area (Å²) in [6.07, 6.45) is 1.01. The highest BCUT2D eigenvalue weighted by molar-refractivity contribution is 5.77. The van der Waals surface area contributed by atoms with E-state index >= 15 is 0 Å². The van der Waals surface area contributed by atoms with Gasteiger partial charge in [-0.1, -0.05) is 12.1 Å². The van der Waals surface area contributed by atoms with Crippen molar-refractivity contribution < 1.29 is 9.53 Å². The standard InChI is InChI=1S/C14H20N2O2/c1-12-4-2-5-13(10-12)18-11-14(17)16-8-3-6-15-7-9-16/h2,4-5,10,15H,3,6-9,11H2,1H3. The second kappa shape index (κ2) is 6.40. The Bertz CT molecular complexity index is 399. The molecule has 1 aliphatic heterocycles. The number of carbonyl (C=O) groups is 1. The highest BCUT2D eigenvalue weighted by Crippen LogP contribution is 2.12. The molecule has 1 amide bonds. The summed E-state index contributed by atoms with van der Waals surface area (Å²) in [5.41, 5.74) is 1.14. The Morgan fingerprint density at radius 2 is 2.28 bits per heavy atom. The minimum Gasteiger partial charge on any atom is -0.484 e. The second-order valence-corrected chi connectivity index (χ2v) is 4.59. The summed E-state index contributed by atoms with van der Waals surface area (Å²) in [4.78, 5) is 13.9. The molecule has 0 spiro atoms. The van der Waals surface area contributed by atoms with Gasteiger partial charge in [0, 0.05) is 19.6 Å². The molecular formula is C14H20N2O2. The molecule has 1 fully saturated rings. The summed E-state index contributed by atoms with van der Waals surface area (Å²) in [5.74, 6) is 0.830. The van der Waals surface area contributed by atoms with Crippen molar-refractivity contribution in [1.82, 2.24) is 10.2 Å². The van der Waals surface area contributed by atoms with Crippen LogP contribution in [0.4, 0.5) is 0 Å². The van der Waals surface area contributed by atoms with Gasteiger partial charge in [-0.25, -0.2) is 0 Å². The number of hydrogen-bond acceptors (Lipinski definition) is 3. The molecule has 0 unspecified atom stereocenters. The number of rotatable bonds is 3. The average molecular weight is 248 g/mol. The number of nitrogens with zero attached hydrogens (tertiary/aromatic N) is 1. The third kappa shape index (κ3) is 3.74. The summed E-state index contributed by atoms with van der Waals surface area (Å²) >= 11 is 0. The lowest BCUT2D eigenvalue weighted by Crippen LogP contribution is -2.37. The summed E-state index contributed by atoms with van der Waals surface area (Å²) in [5, 5.41) is 3.28. The number of ether oxygens (including phenoxy) is 1. The normalized spacial score (nSPS) is 16.2. The lowest BCUT2D eigenvalue weighted by Gasteiger charge is -2.20. The molecular weight excluding hydrogens is 228 g/mol. The third-order valence-corrected chi connectivity index (χ3v) is 3.04. The van der Waals surface area contributed by atoms with Crippen LogP contribution in [0.5, 0.6) is 5.75 Å². The Morgan fingerprint density at radius 3 is 3.11 bits per heavy atom. The Morgan fingerprint density at radius 1 is 1.39 bits per heavy atom. The van der Waals surface area contributed by atoms with Crippen LogP contribution in [-0.2, 0) is 4.79 Å². The van der Waals surface area contributed by atoms with Crippen LogP contribution in [0.2, 0.25) is 0 Å². The lowest BCUT2D eigenvalue weighted by molar-refractivity contribution is -0.133. The van der Waals surface area contributed by atoms with Crippen LogP contribution in [-0.4, -0.2) is 43.6 Å². The Labute approximate surface area is 108 Å². The molecule has 0 atom stereocenters. The van der Waals surface area contributed by atoms with E-state index in [-0.39, 0.29) is 12.5 Å². The van der Waals surface area contributed by atoms with E-state index in [2.05, 4.69) is 5.32 Å². The van der Waals surface area contributed by atoms with Crippen LogP contribution in [0, 0.1) is 6.92 Å². The molecule has 1 aromatic carbocycles. The van der Waals surface area contributed by atoms with Gasteiger partial charge in [0.05, 0.1) is 0 Å². The van der Waals surface area contributed by atoms with Gasteiger partial charge in [-0.3, -0.25) is 4.79 Å². The molecule has 1 N–H and O–H groups in total. The first-order valence-electron chi connectivity index (χ1n) is 6.44. The predicted octanol–water partition coefficient (Wildman–Crippen LogP) is 1.20. The summed E-state index contributed by atoms with van der Waals surface area (Å²) < 4.78 is 5.53. The number of carbonyl (C=O) groups excluding carboxylic acids is 1. The van der Waals surface area contributed by atoms with Crippen LogP contribution in [0.15, 0.2) is 24.3 Å². The number of hydrogen-bond donors (Lipinski definition) is 1. The van der Waals surface area contributed by atoms with E-state index in [1.54, 1.807) is 0 Å². The number of amides is 1. The molecule has 1 heterocycles. The van der Waals surface area contributed by atoms with Crippen molar-refractivity contribution in [3.05, 3.63) is 29.8 Å².